The standard InChI is InChI=1S/C9H20N2O/c10-7-9(11-5-6-12)8-3-1-2-4-8/h8-9,11-12H,1-7,10H2. The molecule has 1 unspecified atom stereocenters. The van der Waals surface area contributed by atoms with Gasteiger partial charge in [-0.3, -0.25) is 0 Å². The summed E-state index contributed by atoms with van der Waals surface area (Å²) in [4.78, 5) is 0. The molecule has 0 spiro atoms. The van der Waals surface area contributed by atoms with Crippen LogP contribution in [0.2, 0.25) is 0 Å². The smallest absolute Gasteiger partial charge is 0.0556 e. The van der Waals surface area contributed by atoms with Crippen LogP contribution in [0.15, 0.2) is 0 Å². The zero-order valence-corrected chi connectivity index (χ0v) is 7.63. The SMILES string of the molecule is NCC(NCCO)C1CCCC1. The molecule has 1 rings (SSSR count). The molecule has 4 N–H and O–H groups in total. The van der Waals surface area contributed by atoms with E-state index in [2.05, 4.69) is 5.32 Å². The van der Waals surface area contributed by atoms with Crippen molar-refractivity contribution in [1.29, 1.82) is 0 Å². The van der Waals surface area contributed by atoms with Crippen molar-refractivity contribution >= 4 is 0 Å². The highest BCUT2D eigenvalue weighted by atomic mass is 16.3. The summed E-state index contributed by atoms with van der Waals surface area (Å²) in [6.07, 6.45) is 5.31. The first-order chi connectivity index (χ1) is 5.88. The fraction of sp³-hybridized carbons (Fsp3) is 1.00. The molecule has 0 aromatic rings. The highest BCUT2D eigenvalue weighted by Gasteiger charge is 2.22. The quantitative estimate of drug-likeness (QED) is 0.550. The van der Waals surface area contributed by atoms with E-state index in [1.807, 2.05) is 0 Å². The molecule has 0 aromatic heterocycles. The zero-order chi connectivity index (χ0) is 8.81. The lowest BCUT2D eigenvalue weighted by atomic mass is 9.98. The van der Waals surface area contributed by atoms with Crippen molar-refractivity contribution in [1.82, 2.24) is 5.32 Å². The van der Waals surface area contributed by atoms with Crippen LogP contribution in [0, 0.1) is 5.92 Å². The number of hydrogen-bond donors (Lipinski definition) is 3. The van der Waals surface area contributed by atoms with Crippen LogP contribution in [-0.2, 0) is 0 Å². The lowest BCUT2D eigenvalue weighted by Gasteiger charge is -2.22. The number of aliphatic hydroxyl groups excluding tert-OH is 1. The Hall–Kier alpha value is -0.120. The van der Waals surface area contributed by atoms with E-state index in [1.165, 1.54) is 25.7 Å². The predicted octanol–water partition coefficient (Wildman–Crippen LogP) is 0.0858. The van der Waals surface area contributed by atoms with Crippen LogP contribution in [-0.4, -0.2) is 30.8 Å². The number of aliphatic hydroxyl groups is 1. The minimum atomic E-state index is 0.212. The topological polar surface area (TPSA) is 58.3 Å². The van der Waals surface area contributed by atoms with Crippen molar-refractivity contribution < 1.29 is 5.11 Å². The largest absolute Gasteiger partial charge is 0.395 e. The van der Waals surface area contributed by atoms with E-state index in [1.54, 1.807) is 0 Å². The van der Waals surface area contributed by atoms with Crippen molar-refractivity contribution in [2.75, 3.05) is 19.7 Å². The lowest BCUT2D eigenvalue weighted by Crippen LogP contribution is -2.42. The molecule has 1 fully saturated rings. The summed E-state index contributed by atoms with van der Waals surface area (Å²) in [6, 6.07) is 0.430. The van der Waals surface area contributed by atoms with Gasteiger partial charge in [-0.2, -0.15) is 0 Å². The Balaban J connectivity index is 2.22. The molecular weight excluding hydrogens is 152 g/mol. The van der Waals surface area contributed by atoms with Gasteiger partial charge < -0.3 is 16.2 Å². The van der Waals surface area contributed by atoms with Crippen LogP contribution in [0.5, 0.6) is 0 Å². The third kappa shape index (κ3) is 2.73. The maximum Gasteiger partial charge on any atom is 0.0556 e. The summed E-state index contributed by atoms with van der Waals surface area (Å²) in [5.74, 6) is 0.751. The molecule has 0 heterocycles. The fourth-order valence-corrected chi connectivity index (χ4v) is 2.05. The number of hydrogen-bond acceptors (Lipinski definition) is 3. The second-order valence-electron chi connectivity index (χ2n) is 3.56. The molecule has 0 amide bonds. The zero-order valence-electron chi connectivity index (χ0n) is 7.63. The van der Waals surface area contributed by atoms with Crippen molar-refractivity contribution in [2.24, 2.45) is 11.7 Å². The third-order valence-corrected chi connectivity index (χ3v) is 2.74. The van der Waals surface area contributed by atoms with Crippen LogP contribution in [0.25, 0.3) is 0 Å². The Morgan fingerprint density at radius 2 is 2.08 bits per heavy atom. The first kappa shape index (κ1) is 9.96. The van der Waals surface area contributed by atoms with Gasteiger partial charge in [-0.15, -0.1) is 0 Å². The Morgan fingerprint density at radius 1 is 1.42 bits per heavy atom. The van der Waals surface area contributed by atoms with Crippen LogP contribution >= 0.6 is 0 Å². The molecule has 12 heavy (non-hydrogen) atoms. The van der Waals surface area contributed by atoms with Gasteiger partial charge in [-0.25, -0.2) is 0 Å². The second-order valence-corrected chi connectivity index (χ2v) is 3.56. The van der Waals surface area contributed by atoms with Crippen LogP contribution in [0.4, 0.5) is 0 Å². The maximum atomic E-state index is 8.65. The molecule has 0 saturated heterocycles. The highest BCUT2D eigenvalue weighted by Crippen LogP contribution is 2.27. The number of nitrogens with two attached hydrogens (primary N) is 1. The molecule has 1 aliphatic carbocycles. The lowest BCUT2D eigenvalue weighted by molar-refractivity contribution is 0.268. The van der Waals surface area contributed by atoms with E-state index in [9.17, 15) is 0 Å². The molecule has 0 radical (unpaired) electrons. The maximum absolute atomic E-state index is 8.65. The van der Waals surface area contributed by atoms with Gasteiger partial charge in [-0.1, -0.05) is 12.8 Å². The monoisotopic (exact) mass is 172 g/mol. The molecule has 0 bridgehead atoms. The van der Waals surface area contributed by atoms with Gasteiger partial charge in [0.05, 0.1) is 6.61 Å². The summed E-state index contributed by atoms with van der Waals surface area (Å²) < 4.78 is 0. The van der Waals surface area contributed by atoms with Gasteiger partial charge in [0.2, 0.25) is 0 Å². The molecular formula is C9H20N2O. The van der Waals surface area contributed by atoms with E-state index in [4.69, 9.17) is 10.8 Å². The summed E-state index contributed by atoms with van der Waals surface area (Å²) in [5.41, 5.74) is 5.65. The van der Waals surface area contributed by atoms with Gasteiger partial charge in [-0.05, 0) is 18.8 Å². The number of rotatable bonds is 5. The molecule has 3 nitrogen and oxygen atoms in total. The van der Waals surface area contributed by atoms with Gasteiger partial charge in [0.1, 0.15) is 0 Å². The van der Waals surface area contributed by atoms with Crippen molar-refractivity contribution in [3.8, 4) is 0 Å². The Morgan fingerprint density at radius 3 is 2.58 bits per heavy atom. The number of nitrogens with one attached hydrogen (secondary N) is 1. The van der Waals surface area contributed by atoms with Crippen molar-refractivity contribution in [3.63, 3.8) is 0 Å². The minimum absolute atomic E-state index is 0.212. The Labute approximate surface area is 74.3 Å². The molecule has 1 atom stereocenters. The average molecular weight is 172 g/mol. The molecule has 0 aliphatic heterocycles. The molecule has 0 aromatic carbocycles. The van der Waals surface area contributed by atoms with Crippen LogP contribution in [0.1, 0.15) is 25.7 Å². The van der Waals surface area contributed by atoms with E-state index < -0.39 is 0 Å². The summed E-state index contributed by atoms with van der Waals surface area (Å²) in [6.45, 7) is 1.59. The molecule has 3 heteroatoms. The Kier molecular flexibility index (Phi) is 4.58. The van der Waals surface area contributed by atoms with E-state index in [0.29, 0.717) is 19.1 Å². The first-order valence-corrected chi connectivity index (χ1v) is 4.92. The van der Waals surface area contributed by atoms with E-state index in [0.717, 1.165) is 5.92 Å². The summed E-state index contributed by atoms with van der Waals surface area (Å²) in [7, 11) is 0. The molecule has 1 saturated carbocycles. The predicted molar refractivity (Wildman–Crippen MR) is 49.9 cm³/mol. The van der Waals surface area contributed by atoms with E-state index >= 15 is 0 Å². The first-order valence-electron chi connectivity index (χ1n) is 4.92. The van der Waals surface area contributed by atoms with Gasteiger partial charge in [0.25, 0.3) is 0 Å². The van der Waals surface area contributed by atoms with Crippen molar-refractivity contribution in [2.45, 2.75) is 31.7 Å². The normalized spacial score (nSPS) is 21.5. The third-order valence-electron chi connectivity index (χ3n) is 2.74. The van der Waals surface area contributed by atoms with Crippen molar-refractivity contribution in [3.05, 3.63) is 0 Å². The van der Waals surface area contributed by atoms with Crippen LogP contribution in [0.3, 0.4) is 0 Å². The van der Waals surface area contributed by atoms with E-state index in [-0.39, 0.29) is 6.61 Å². The second kappa shape index (κ2) is 5.51. The fourth-order valence-electron chi connectivity index (χ4n) is 2.05. The van der Waals surface area contributed by atoms with Crippen LogP contribution < -0.4 is 11.1 Å². The Bertz CT molecular complexity index is 113. The minimum Gasteiger partial charge on any atom is -0.395 e. The summed E-state index contributed by atoms with van der Waals surface area (Å²) >= 11 is 0. The average Bonchev–Trinajstić information content (AvgIpc) is 2.59. The summed E-state index contributed by atoms with van der Waals surface area (Å²) in [5, 5.41) is 11.9. The molecule has 1 aliphatic rings. The van der Waals surface area contributed by atoms with Gasteiger partial charge in [0.15, 0.2) is 0 Å². The molecule has 72 valence electrons. The van der Waals surface area contributed by atoms with Gasteiger partial charge >= 0.3 is 0 Å². The highest BCUT2D eigenvalue weighted by molar-refractivity contribution is 4.80. The van der Waals surface area contributed by atoms with Gasteiger partial charge in [0, 0.05) is 19.1 Å².